The molecular formula is C16H17F6NO2. The smallest absolute Gasteiger partial charge is 0.426 e. The van der Waals surface area contributed by atoms with Crippen LogP contribution in [0.1, 0.15) is 29.9 Å². The van der Waals surface area contributed by atoms with E-state index in [1.54, 1.807) is 0 Å². The highest BCUT2D eigenvalue weighted by Gasteiger charge is 2.60. The monoisotopic (exact) mass is 369 g/mol. The van der Waals surface area contributed by atoms with Crippen LogP contribution in [0.15, 0.2) is 24.3 Å². The zero-order valence-electron chi connectivity index (χ0n) is 13.3. The number of likely N-dealkylation sites (tertiary alicyclic amines) is 1. The van der Waals surface area contributed by atoms with E-state index in [1.807, 2.05) is 31.2 Å². The summed E-state index contributed by atoms with van der Waals surface area (Å²) in [6.45, 7) is 2.01. The van der Waals surface area contributed by atoms with Crippen LogP contribution in [0, 0.1) is 6.92 Å². The fourth-order valence-electron chi connectivity index (χ4n) is 2.73. The maximum atomic E-state index is 12.4. The lowest BCUT2D eigenvalue weighted by Crippen LogP contribution is -2.49. The van der Waals surface area contributed by atoms with Gasteiger partial charge in [0, 0.05) is 13.1 Å². The maximum Gasteiger partial charge on any atom is 0.434 e. The largest absolute Gasteiger partial charge is 0.434 e. The number of rotatable bonds is 2. The average molecular weight is 369 g/mol. The molecule has 1 aromatic rings. The highest BCUT2D eigenvalue weighted by Crippen LogP contribution is 2.36. The predicted molar refractivity (Wildman–Crippen MR) is 77.1 cm³/mol. The van der Waals surface area contributed by atoms with Gasteiger partial charge in [0.05, 0.1) is 0 Å². The first-order chi connectivity index (χ1) is 11.5. The molecule has 0 N–H and O–H groups in total. The van der Waals surface area contributed by atoms with Crippen molar-refractivity contribution in [3.05, 3.63) is 35.4 Å². The average Bonchev–Trinajstić information content (AvgIpc) is 2.51. The van der Waals surface area contributed by atoms with Crippen LogP contribution in [0.5, 0.6) is 0 Å². The Morgan fingerprint density at radius 3 is 1.96 bits per heavy atom. The molecule has 1 saturated heterocycles. The van der Waals surface area contributed by atoms with Crippen molar-refractivity contribution >= 4 is 6.09 Å². The van der Waals surface area contributed by atoms with Crippen molar-refractivity contribution in [1.29, 1.82) is 0 Å². The Balaban J connectivity index is 1.95. The molecule has 1 fully saturated rings. The fraction of sp³-hybridized carbons (Fsp3) is 0.562. The molecule has 0 spiro atoms. The summed E-state index contributed by atoms with van der Waals surface area (Å²) in [4.78, 5) is 12.6. The summed E-state index contributed by atoms with van der Waals surface area (Å²) in [7, 11) is 0. The second-order valence-corrected chi connectivity index (χ2v) is 6.02. The van der Waals surface area contributed by atoms with Crippen LogP contribution in [0.3, 0.4) is 0 Å². The van der Waals surface area contributed by atoms with E-state index in [9.17, 15) is 31.1 Å². The number of carbonyl (C=O) groups excluding carboxylic acids is 1. The Morgan fingerprint density at radius 1 is 1.04 bits per heavy atom. The van der Waals surface area contributed by atoms with Gasteiger partial charge in [-0.1, -0.05) is 29.8 Å². The number of piperidine rings is 1. The Labute approximate surface area is 140 Å². The molecule has 0 aromatic heterocycles. The highest BCUT2D eigenvalue weighted by molar-refractivity contribution is 5.68. The van der Waals surface area contributed by atoms with Crippen molar-refractivity contribution in [3.63, 3.8) is 0 Å². The van der Waals surface area contributed by atoms with Gasteiger partial charge in [0.25, 0.3) is 6.10 Å². The van der Waals surface area contributed by atoms with Crippen LogP contribution in [-0.4, -0.2) is 42.5 Å². The third-order valence-corrected chi connectivity index (χ3v) is 4.12. The summed E-state index contributed by atoms with van der Waals surface area (Å²) in [6, 6.07) is 7.70. The minimum Gasteiger partial charge on any atom is -0.426 e. The Kier molecular flexibility index (Phi) is 5.53. The maximum absolute atomic E-state index is 12.4. The molecule has 140 valence electrons. The summed E-state index contributed by atoms with van der Waals surface area (Å²) in [5.74, 6) is 0.102. The Hall–Kier alpha value is -1.93. The first-order valence-corrected chi connectivity index (χ1v) is 7.64. The lowest BCUT2D eigenvalue weighted by atomic mass is 9.89. The fourth-order valence-corrected chi connectivity index (χ4v) is 2.73. The number of nitrogens with zero attached hydrogens (tertiary/aromatic N) is 1. The number of hydrogen-bond acceptors (Lipinski definition) is 2. The molecule has 3 nitrogen and oxygen atoms in total. The Morgan fingerprint density at radius 2 is 1.52 bits per heavy atom. The molecule has 0 bridgehead atoms. The molecule has 1 aliphatic rings. The number of ether oxygens (including phenoxy) is 1. The SMILES string of the molecule is Cc1ccc(C2CCN(C(=O)OC(C(F)(F)F)C(F)(F)F)CC2)cc1. The molecular weight excluding hydrogens is 352 g/mol. The van der Waals surface area contributed by atoms with Gasteiger partial charge < -0.3 is 9.64 Å². The van der Waals surface area contributed by atoms with Crippen LogP contribution in [0.4, 0.5) is 31.1 Å². The summed E-state index contributed by atoms with van der Waals surface area (Å²) < 4.78 is 78.4. The number of aryl methyl sites for hydroxylation is 1. The van der Waals surface area contributed by atoms with Crippen molar-refractivity contribution in [2.24, 2.45) is 0 Å². The minimum atomic E-state index is -5.70. The van der Waals surface area contributed by atoms with E-state index in [4.69, 9.17) is 0 Å². The van der Waals surface area contributed by atoms with Crippen molar-refractivity contribution in [2.45, 2.75) is 44.1 Å². The van der Waals surface area contributed by atoms with Gasteiger partial charge in [-0.3, -0.25) is 0 Å². The zero-order valence-corrected chi connectivity index (χ0v) is 13.3. The van der Waals surface area contributed by atoms with Crippen molar-refractivity contribution in [2.75, 3.05) is 13.1 Å². The van der Waals surface area contributed by atoms with Crippen LogP contribution in [0.25, 0.3) is 0 Å². The molecule has 9 heteroatoms. The van der Waals surface area contributed by atoms with Gasteiger partial charge in [0.2, 0.25) is 0 Å². The molecule has 1 aromatic carbocycles. The molecule has 0 atom stereocenters. The van der Waals surface area contributed by atoms with Crippen LogP contribution in [-0.2, 0) is 4.74 Å². The van der Waals surface area contributed by atoms with Gasteiger partial charge in [-0.15, -0.1) is 0 Å². The first kappa shape index (κ1) is 19.4. The van der Waals surface area contributed by atoms with Crippen molar-refractivity contribution in [3.8, 4) is 0 Å². The quantitative estimate of drug-likeness (QED) is 0.701. The Bertz CT molecular complexity index is 574. The summed E-state index contributed by atoms with van der Waals surface area (Å²) in [5.41, 5.74) is 2.11. The van der Waals surface area contributed by atoms with Crippen LogP contribution < -0.4 is 0 Å². The molecule has 0 radical (unpaired) electrons. The third-order valence-electron chi connectivity index (χ3n) is 4.12. The van der Waals surface area contributed by atoms with Crippen molar-refractivity contribution in [1.82, 2.24) is 4.90 Å². The second kappa shape index (κ2) is 7.13. The molecule has 0 saturated carbocycles. The summed E-state index contributed by atoms with van der Waals surface area (Å²) in [5, 5.41) is 0. The molecule has 2 rings (SSSR count). The van der Waals surface area contributed by atoms with Gasteiger partial charge in [-0.25, -0.2) is 4.79 Å². The van der Waals surface area contributed by atoms with E-state index in [0.29, 0.717) is 12.8 Å². The molecule has 25 heavy (non-hydrogen) atoms. The highest BCUT2D eigenvalue weighted by atomic mass is 19.4. The molecule has 1 amide bonds. The van der Waals surface area contributed by atoms with Gasteiger partial charge in [-0.05, 0) is 31.2 Å². The van der Waals surface area contributed by atoms with E-state index in [2.05, 4.69) is 4.74 Å². The van der Waals surface area contributed by atoms with E-state index in [0.717, 1.165) is 16.0 Å². The van der Waals surface area contributed by atoms with Crippen molar-refractivity contribution < 1.29 is 35.9 Å². The normalized spacial score (nSPS) is 17.0. The van der Waals surface area contributed by atoms with Gasteiger partial charge in [0.15, 0.2) is 0 Å². The topological polar surface area (TPSA) is 29.5 Å². The van der Waals surface area contributed by atoms with E-state index >= 15 is 0 Å². The van der Waals surface area contributed by atoms with Crippen LogP contribution in [0.2, 0.25) is 0 Å². The molecule has 1 heterocycles. The number of halogens is 6. The molecule has 0 aliphatic carbocycles. The lowest BCUT2D eigenvalue weighted by molar-refractivity contribution is -0.308. The zero-order chi connectivity index (χ0) is 18.8. The number of benzene rings is 1. The van der Waals surface area contributed by atoms with Gasteiger partial charge in [0.1, 0.15) is 0 Å². The number of alkyl halides is 6. The standard InChI is InChI=1S/C16H17F6NO2/c1-10-2-4-11(5-3-10)12-6-8-23(9-7-12)14(24)25-13(15(17,18)19)16(20,21)22/h2-5,12-13H,6-9H2,1H3. The second-order valence-electron chi connectivity index (χ2n) is 6.02. The van der Waals surface area contributed by atoms with Gasteiger partial charge >= 0.3 is 18.4 Å². The summed E-state index contributed by atoms with van der Waals surface area (Å²) >= 11 is 0. The number of hydrogen-bond donors (Lipinski definition) is 0. The van der Waals surface area contributed by atoms with Crippen LogP contribution >= 0.6 is 0 Å². The summed E-state index contributed by atoms with van der Waals surface area (Å²) in [6.07, 6.45) is -16.2. The van der Waals surface area contributed by atoms with Gasteiger partial charge in [-0.2, -0.15) is 26.3 Å². The number of carbonyl (C=O) groups is 1. The van der Waals surface area contributed by atoms with E-state index in [1.165, 1.54) is 0 Å². The van der Waals surface area contributed by atoms with E-state index < -0.39 is 24.5 Å². The number of amides is 1. The lowest BCUT2D eigenvalue weighted by Gasteiger charge is -2.33. The molecule has 0 unspecified atom stereocenters. The predicted octanol–water partition coefficient (Wildman–Crippen LogP) is 4.80. The first-order valence-electron chi connectivity index (χ1n) is 7.64. The molecule has 1 aliphatic heterocycles. The minimum absolute atomic E-state index is 0.0415. The van der Waals surface area contributed by atoms with E-state index in [-0.39, 0.29) is 19.0 Å². The third kappa shape index (κ3) is 5.02.